The topological polar surface area (TPSA) is 156 Å². The van der Waals surface area contributed by atoms with Gasteiger partial charge in [0.15, 0.2) is 5.76 Å². The number of fused-ring (bicyclic) bond motifs is 2. The third-order valence-corrected chi connectivity index (χ3v) is 7.35. The molecule has 0 N–H and O–H groups in total. The van der Waals surface area contributed by atoms with Crippen LogP contribution >= 0.6 is 27.5 Å². The number of nitro groups is 2. The van der Waals surface area contributed by atoms with Gasteiger partial charge in [-0.25, -0.2) is 4.98 Å². The highest BCUT2D eigenvalue weighted by atomic mass is 79.9. The quantitative estimate of drug-likeness (QED) is 0.0913. The van der Waals surface area contributed by atoms with Gasteiger partial charge in [0.1, 0.15) is 12.2 Å². The number of benzene rings is 4. The van der Waals surface area contributed by atoms with Crippen LogP contribution in [0.3, 0.4) is 0 Å². The number of aromatic nitrogens is 2. The summed E-state index contributed by atoms with van der Waals surface area (Å²) in [6, 6.07) is 22.1. The summed E-state index contributed by atoms with van der Waals surface area (Å²) in [5.41, 5.74) is 0.692. The van der Waals surface area contributed by atoms with Gasteiger partial charge in [-0.3, -0.25) is 25.0 Å². The van der Waals surface area contributed by atoms with Crippen molar-refractivity contribution in [1.82, 2.24) is 9.66 Å². The molecule has 0 aliphatic heterocycles. The number of hydrogen-bond donors (Lipinski definition) is 0. The first kappa shape index (κ1) is 28.7. The van der Waals surface area contributed by atoms with Gasteiger partial charge in [-0.15, -0.1) is 0 Å². The normalized spacial score (nSPS) is 11.4. The number of nitro benzene ring substituents is 2. The lowest BCUT2D eigenvalue weighted by atomic mass is 10.2. The molecule has 0 aliphatic rings. The molecule has 2 heterocycles. The minimum absolute atomic E-state index is 0.0789. The lowest BCUT2D eigenvalue weighted by molar-refractivity contribution is -0.386. The van der Waals surface area contributed by atoms with E-state index in [1.54, 1.807) is 54.6 Å². The van der Waals surface area contributed by atoms with Crippen LogP contribution in [0.1, 0.15) is 11.1 Å². The number of ether oxygens (including phenoxy) is 1. The third kappa shape index (κ3) is 5.65. The Hall–Kier alpha value is -5.40. The molecule has 0 saturated carbocycles. The molecule has 12 nitrogen and oxygen atoms in total. The fraction of sp³-hybridized carbons (Fsp3) is 0.0333. The van der Waals surface area contributed by atoms with E-state index in [-0.39, 0.29) is 45.4 Å². The maximum atomic E-state index is 13.6. The molecule has 0 unspecified atom stereocenters. The van der Waals surface area contributed by atoms with Crippen LogP contribution in [0.15, 0.2) is 104 Å². The summed E-state index contributed by atoms with van der Waals surface area (Å²) >= 11 is 9.45. The molecule has 2 aromatic heterocycles. The first-order valence-electron chi connectivity index (χ1n) is 12.8. The van der Waals surface area contributed by atoms with Gasteiger partial charge in [-0.05, 0) is 64.0 Å². The molecule has 0 bridgehead atoms. The van der Waals surface area contributed by atoms with Gasteiger partial charge in [0.05, 0.1) is 31.4 Å². The van der Waals surface area contributed by atoms with Gasteiger partial charge >= 0.3 is 5.69 Å². The first-order chi connectivity index (χ1) is 21.2. The number of halogens is 2. The van der Waals surface area contributed by atoms with Crippen molar-refractivity contribution in [3.8, 4) is 17.3 Å². The van der Waals surface area contributed by atoms with E-state index in [9.17, 15) is 25.0 Å². The lowest BCUT2D eigenvalue weighted by Crippen LogP contribution is -2.20. The molecule has 6 rings (SSSR count). The summed E-state index contributed by atoms with van der Waals surface area (Å²) in [7, 11) is 0. The second-order valence-electron chi connectivity index (χ2n) is 9.43. The van der Waals surface area contributed by atoms with Crippen molar-refractivity contribution in [3.05, 3.63) is 136 Å². The molecule has 44 heavy (non-hydrogen) atoms. The fourth-order valence-corrected chi connectivity index (χ4v) is 5.27. The second kappa shape index (κ2) is 11.7. The van der Waals surface area contributed by atoms with E-state index in [2.05, 4.69) is 26.0 Å². The molecule has 0 amide bonds. The summed E-state index contributed by atoms with van der Waals surface area (Å²) < 4.78 is 13.0. The summed E-state index contributed by atoms with van der Waals surface area (Å²) in [5, 5.41) is 29.0. The Morgan fingerprint density at radius 3 is 2.61 bits per heavy atom. The van der Waals surface area contributed by atoms with Crippen LogP contribution in [-0.4, -0.2) is 25.7 Å². The van der Waals surface area contributed by atoms with Gasteiger partial charge < -0.3 is 9.15 Å². The molecule has 0 saturated heterocycles. The fourth-order valence-electron chi connectivity index (χ4n) is 4.51. The number of furan rings is 1. The van der Waals surface area contributed by atoms with Crippen LogP contribution < -0.4 is 10.3 Å². The van der Waals surface area contributed by atoms with Crippen LogP contribution in [0, 0.1) is 20.2 Å². The molecule has 0 atom stereocenters. The molecule has 6 aromatic rings. The number of nitrogens with zero attached hydrogens (tertiary/aromatic N) is 5. The average molecular weight is 675 g/mol. The van der Waals surface area contributed by atoms with E-state index in [4.69, 9.17) is 20.8 Å². The number of rotatable bonds is 8. The van der Waals surface area contributed by atoms with E-state index >= 15 is 0 Å². The maximum absolute atomic E-state index is 13.6. The molecule has 218 valence electrons. The molecule has 0 fully saturated rings. The van der Waals surface area contributed by atoms with E-state index in [0.717, 1.165) is 4.68 Å². The Morgan fingerprint density at radius 1 is 1.00 bits per heavy atom. The maximum Gasteiger partial charge on any atom is 0.312 e. The van der Waals surface area contributed by atoms with Crippen molar-refractivity contribution in [1.29, 1.82) is 0 Å². The van der Waals surface area contributed by atoms with Gasteiger partial charge in [0.2, 0.25) is 11.6 Å². The van der Waals surface area contributed by atoms with Crippen molar-refractivity contribution < 1.29 is 19.0 Å². The van der Waals surface area contributed by atoms with Crippen molar-refractivity contribution >= 4 is 67.0 Å². The first-order valence-corrected chi connectivity index (χ1v) is 13.9. The zero-order chi connectivity index (χ0) is 31.0. The van der Waals surface area contributed by atoms with E-state index in [1.165, 1.54) is 36.5 Å². The van der Waals surface area contributed by atoms with Crippen molar-refractivity contribution in [2.24, 2.45) is 5.10 Å². The summed E-state index contributed by atoms with van der Waals surface area (Å²) in [4.78, 5) is 40.1. The van der Waals surface area contributed by atoms with Crippen molar-refractivity contribution in [2.45, 2.75) is 6.61 Å². The monoisotopic (exact) mass is 673 g/mol. The van der Waals surface area contributed by atoms with Gasteiger partial charge in [0.25, 0.3) is 11.2 Å². The molecule has 0 aliphatic carbocycles. The van der Waals surface area contributed by atoms with Gasteiger partial charge in [0, 0.05) is 34.2 Å². The van der Waals surface area contributed by atoms with Crippen molar-refractivity contribution in [2.75, 3.05) is 0 Å². The Morgan fingerprint density at radius 2 is 1.82 bits per heavy atom. The minimum Gasteiger partial charge on any atom is -0.481 e. The Kier molecular flexibility index (Phi) is 7.64. The molecule has 0 radical (unpaired) electrons. The smallest absolute Gasteiger partial charge is 0.312 e. The average Bonchev–Trinajstić information content (AvgIpc) is 3.43. The minimum atomic E-state index is -0.625. The summed E-state index contributed by atoms with van der Waals surface area (Å²) in [6.45, 7) is -0.154. The Bertz CT molecular complexity index is 2210. The van der Waals surface area contributed by atoms with Gasteiger partial charge in [-0.1, -0.05) is 35.9 Å². The molecular formula is C30H17BrClN5O7. The second-order valence-corrected chi connectivity index (χ2v) is 10.7. The predicted molar refractivity (Wildman–Crippen MR) is 167 cm³/mol. The summed E-state index contributed by atoms with van der Waals surface area (Å²) in [6.07, 6.45) is 1.28. The molecule has 4 aromatic carbocycles. The van der Waals surface area contributed by atoms with E-state index in [1.807, 2.05) is 0 Å². The highest BCUT2D eigenvalue weighted by Crippen LogP contribution is 2.37. The van der Waals surface area contributed by atoms with Crippen molar-refractivity contribution in [3.63, 3.8) is 0 Å². The van der Waals surface area contributed by atoms with Crippen LogP contribution in [0.25, 0.3) is 33.5 Å². The predicted octanol–water partition coefficient (Wildman–Crippen LogP) is 7.50. The zero-order valence-corrected chi connectivity index (χ0v) is 24.6. The van der Waals surface area contributed by atoms with Crippen LogP contribution in [0.4, 0.5) is 11.4 Å². The van der Waals surface area contributed by atoms with Crippen LogP contribution in [-0.2, 0) is 6.61 Å². The third-order valence-electron chi connectivity index (χ3n) is 6.52. The summed E-state index contributed by atoms with van der Waals surface area (Å²) in [5.74, 6) is 0.298. The SMILES string of the molecule is O=c1c2ccccc2nc(-c2cc3cc(Cl)ccc3o2)n1N=Cc1cc(Br)c(OCc2cccc([N+](=O)[O-])c2)c([N+](=O)[O-])c1. The standard InChI is InChI=1S/C30H17BrClN5O7/c31-23-11-18(12-25(37(41)42)28(23)43-16-17-4-3-5-21(10-17)36(39)40)15-33-35-29(34-24-7-2-1-6-22(24)30(35)38)27-14-19-13-20(32)8-9-26(19)44-27/h1-15H,16H2. The molecule has 0 spiro atoms. The Labute approximate surface area is 260 Å². The largest absolute Gasteiger partial charge is 0.481 e. The van der Waals surface area contributed by atoms with E-state index < -0.39 is 15.4 Å². The molecular weight excluding hydrogens is 658 g/mol. The van der Waals surface area contributed by atoms with Gasteiger partial charge in [-0.2, -0.15) is 9.78 Å². The lowest BCUT2D eigenvalue weighted by Gasteiger charge is -2.10. The Balaban J connectivity index is 1.39. The highest BCUT2D eigenvalue weighted by Gasteiger charge is 2.21. The number of para-hydroxylation sites is 1. The highest BCUT2D eigenvalue weighted by molar-refractivity contribution is 9.10. The van der Waals surface area contributed by atoms with E-state index in [0.29, 0.717) is 32.5 Å². The molecule has 14 heteroatoms. The number of non-ortho nitro benzene ring substituents is 1. The number of hydrogen-bond acceptors (Lipinski definition) is 9. The van der Waals surface area contributed by atoms with Crippen LogP contribution in [0.2, 0.25) is 5.02 Å². The van der Waals surface area contributed by atoms with Crippen LogP contribution in [0.5, 0.6) is 5.75 Å². The zero-order valence-electron chi connectivity index (χ0n) is 22.2.